The van der Waals surface area contributed by atoms with Gasteiger partial charge in [-0.05, 0) is 79.0 Å². The third kappa shape index (κ3) is 5.55. The number of nitrogens with zero attached hydrogens (tertiary/aromatic N) is 3. The van der Waals surface area contributed by atoms with E-state index in [2.05, 4.69) is 33.6 Å². The van der Waals surface area contributed by atoms with E-state index in [1.165, 1.54) is 5.56 Å². The fourth-order valence-electron chi connectivity index (χ4n) is 2.39. The molecule has 0 atom stereocenters. The van der Waals surface area contributed by atoms with Crippen LogP contribution < -0.4 is 0 Å². The van der Waals surface area contributed by atoms with Crippen molar-refractivity contribution in [3.63, 3.8) is 0 Å². The number of halogens is 1. The molecule has 5 heteroatoms. The normalized spacial score (nSPS) is 10.6. The lowest BCUT2D eigenvalue weighted by Gasteiger charge is -2.25. The molecular weight excluding hydrogens is 425 g/mol. The van der Waals surface area contributed by atoms with Gasteiger partial charge in [-0.3, -0.25) is 4.79 Å². The fraction of sp³-hybridized carbons (Fsp3) is 0.300. The molecule has 0 heterocycles. The number of benzene rings is 2. The minimum Gasteiger partial charge on any atom is -0.333 e. The Morgan fingerprint density at radius 2 is 1.80 bits per heavy atom. The molecule has 0 unspecified atom stereocenters. The van der Waals surface area contributed by atoms with E-state index in [1.807, 2.05) is 56.3 Å². The van der Waals surface area contributed by atoms with Gasteiger partial charge < -0.3 is 9.80 Å². The number of aryl methyl sites for hydroxylation is 1. The predicted octanol–water partition coefficient (Wildman–Crippen LogP) is 3.68. The van der Waals surface area contributed by atoms with Gasteiger partial charge in [0.05, 0.1) is 11.6 Å². The van der Waals surface area contributed by atoms with Gasteiger partial charge in [-0.1, -0.05) is 18.2 Å². The van der Waals surface area contributed by atoms with Crippen molar-refractivity contribution in [1.82, 2.24) is 9.80 Å². The Bertz CT molecular complexity index is 779. The van der Waals surface area contributed by atoms with Crippen molar-refractivity contribution in [2.24, 2.45) is 0 Å². The zero-order chi connectivity index (χ0) is 18.4. The van der Waals surface area contributed by atoms with Crippen molar-refractivity contribution in [3.8, 4) is 6.07 Å². The van der Waals surface area contributed by atoms with Gasteiger partial charge in [0, 0.05) is 28.8 Å². The van der Waals surface area contributed by atoms with Gasteiger partial charge in [0.1, 0.15) is 0 Å². The number of hydrogen-bond donors (Lipinski definition) is 0. The van der Waals surface area contributed by atoms with E-state index in [0.717, 1.165) is 15.7 Å². The second kappa shape index (κ2) is 8.97. The second-order valence-corrected chi connectivity index (χ2v) is 7.46. The Labute approximate surface area is 163 Å². The van der Waals surface area contributed by atoms with Crippen molar-refractivity contribution in [3.05, 3.63) is 68.3 Å². The first kappa shape index (κ1) is 19.4. The first-order valence-electron chi connectivity index (χ1n) is 8.10. The van der Waals surface area contributed by atoms with Crippen LogP contribution in [-0.2, 0) is 6.54 Å². The highest BCUT2D eigenvalue weighted by Crippen LogP contribution is 2.16. The molecule has 0 bridgehead atoms. The van der Waals surface area contributed by atoms with Crippen LogP contribution in [0.15, 0.2) is 42.5 Å². The standard InChI is InChI=1S/C20H22IN3O/c1-15-4-9-18(12-19(15)21)20(25)24(11-10-23(2)3)14-17-7-5-16(13-22)6-8-17/h4-9,12H,10-11,14H2,1-3H3. The molecule has 0 aliphatic carbocycles. The number of carbonyl (C=O) groups excluding carboxylic acids is 1. The molecule has 2 aromatic carbocycles. The lowest BCUT2D eigenvalue weighted by molar-refractivity contribution is 0.0732. The molecule has 0 aliphatic heterocycles. The first-order valence-corrected chi connectivity index (χ1v) is 9.18. The zero-order valence-electron chi connectivity index (χ0n) is 14.8. The summed E-state index contributed by atoms with van der Waals surface area (Å²) < 4.78 is 1.09. The van der Waals surface area contributed by atoms with E-state index in [0.29, 0.717) is 24.2 Å². The molecule has 0 spiro atoms. The molecule has 25 heavy (non-hydrogen) atoms. The highest BCUT2D eigenvalue weighted by atomic mass is 127. The average molecular weight is 447 g/mol. The summed E-state index contributed by atoms with van der Waals surface area (Å²) in [6, 6.07) is 15.3. The van der Waals surface area contributed by atoms with Crippen LogP contribution in [0.25, 0.3) is 0 Å². The minimum absolute atomic E-state index is 0.0316. The summed E-state index contributed by atoms with van der Waals surface area (Å²) >= 11 is 2.26. The first-order chi connectivity index (χ1) is 11.9. The summed E-state index contributed by atoms with van der Waals surface area (Å²) in [4.78, 5) is 16.9. The largest absolute Gasteiger partial charge is 0.333 e. The van der Waals surface area contributed by atoms with Crippen molar-refractivity contribution in [2.75, 3.05) is 27.2 Å². The lowest BCUT2D eigenvalue weighted by Crippen LogP contribution is -2.36. The van der Waals surface area contributed by atoms with Crippen LogP contribution in [0.3, 0.4) is 0 Å². The molecule has 4 nitrogen and oxygen atoms in total. The summed E-state index contributed by atoms with van der Waals surface area (Å²) in [6.07, 6.45) is 0. The van der Waals surface area contributed by atoms with E-state index in [1.54, 1.807) is 12.1 Å². The maximum absolute atomic E-state index is 13.0. The van der Waals surface area contributed by atoms with Gasteiger partial charge in [0.15, 0.2) is 0 Å². The van der Waals surface area contributed by atoms with Crippen LogP contribution in [-0.4, -0.2) is 42.9 Å². The molecule has 2 aromatic rings. The molecule has 2 rings (SSSR count). The summed E-state index contributed by atoms with van der Waals surface area (Å²) in [5, 5.41) is 8.92. The van der Waals surface area contributed by atoms with Crippen molar-refractivity contribution in [1.29, 1.82) is 5.26 Å². The topological polar surface area (TPSA) is 47.3 Å². The maximum atomic E-state index is 13.0. The quantitative estimate of drug-likeness (QED) is 0.635. The minimum atomic E-state index is 0.0316. The zero-order valence-corrected chi connectivity index (χ0v) is 16.9. The van der Waals surface area contributed by atoms with E-state index in [4.69, 9.17) is 5.26 Å². The third-order valence-corrected chi connectivity index (χ3v) is 5.14. The predicted molar refractivity (Wildman–Crippen MR) is 108 cm³/mol. The maximum Gasteiger partial charge on any atom is 0.254 e. The van der Waals surface area contributed by atoms with E-state index >= 15 is 0 Å². The molecule has 0 aliphatic rings. The van der Waals surface area contributed by atoms with Gasteiger partial charge in [-0.15, -0.1) is 0 Å². The Morgan fingerprint density at radius 1 is 1.12 bits per heavy atom. The van der Waals surface area contributed by atoms with Crippen LogP contribution in [0.5, 0.6) is 0 Å². The number of nitriles is 1. The molecule has 0 aromatic heterocycles. The molecule has 0 fully saturated rings. The fourth-order valence-corrected chi connectivity index (χ4v) is 2.90. The van der Waals surface area contributed by atoms with Gasteiger partial charge in [-0.25, -0.2) is 0 Å². The highest BCUT2D eigenvalue weighted by Gasteiger charge is 2.17. The highest BCUT2D eigenvalue weighted by molar-refractivity contribution is 14.1. The Hall–Kier alpha value is -1.91. The smallest absolute Gasteiger partial charge is 0.254 e. The molecule has 0 N–H and O–H groups in total. The van der Waals surface area contributed by atoms with Gasteiger partial charge >= 0.3 is 0 Å². The molecule has 0 saturated heterocycles. The van der Waals surface area contributed by atoms with Gasteiger partial charge in [0.2, 0.25) is 0 Å². The summed E-state index contributed by atoms with van der Waals surface area (Å²) in [6.45, 7) is 4.01. The lowest BCUT2D eigenvalue weighted by atomic mass is 10.1. The SMILES string of the molecule is Cc1ccc(C(=O)N(CCN(C)C)Cc2ccc(C#N)cc2)cc1I. The number of rotatable bonds is 6. The van der Waals surface area contributed by atoms with Crippen LogP contribution in [0.1, 0.15) is 27.0 Å². The van der Waals surface area contributed by atoms with Crippen molar-refractivity contribution >= 4 is 28.5 Å². The number of hydrogen-bond acceptors (Lipinski definition) is 3. The average Bonchev–Trinajstić information content (AvgIpc) is 2.60. The Morgan fingerprint density at radius 3 is 2.36 bits per heavy atom. The second-order valence-electron chi connectivity index (χ2n) is 6.30. The number of carbonyl (C=O) groups is 1. The molecule has 0 radical (unpaired) electrons. The summed E-state index contributed by atoms with van der Waals surface area (Å²) in [5.74, 6) is 0.0316. The Kier molecular flexibility index (Phi) is 6.97. The monoisotopic (exact) mass is 447 g/mol. The van der Waals surface area contributed by atoms with Crippen LogP contribution >= 0.6 is 22.6 Å². The third-order valence-electron chi connectivity index (χ3n) is 3.98. The van der Waals surface area contributed by atoms with Gasteiger partial charge in [-0.2, -0.15) is 5.26 Å². The van der Waals surface area contributed by atoms with Crippen LogP contribution in [0.4, 0.5) is 0 Å². The van der Waals surface area contributed by atoms with Crippen molar-refractivity contribution in [2.45, 2.75) is 13.5 Å². The van der Waals surface area contributed by atoms with Crippen molar-refractivity contribution < 1.29 is 4.79 Å². The molecular formula is C20H22IN3O. The van der Waals surface area contributed by atoms with E-state index in [-0.39, 0.29) is 5.91 Å². The molecule has 0 saturated carbocycles. The number of amides is 1. The summed E-state index contributed by atoms with van der Waals surface area (Å²) in [7, 11) is 4.00. The molecule has 1 amide bonds. The summed E-state index contributed by atoms with van der Waals surface area (Å²) in [5.41, 5.74) is 3.53. The van der Waals surface area contributed by atoms with E-state index < -0.39 is 0 Å². The van der Waals surface area contributed by atoms with Gasteiger partial charge in [0.25, 0.3) is 5.91 Å². The van der Waals surface area contributed by atoms with Crippen LogP contribution in [0, 0.1) is 21.8 Å². The van der Waals surface area contributed by atoms with Crippen LogP contribution in [0.2, 0.25) is 0 Å². The molecule has 130 valence electrons. The van der Waals surface area contributed by atoms with E-state index in [9.17, 15) is 4.79 Å². The Balaban J connectivity index is 2.22. The number of likely N-dealkylation sites (N-methyl/N-ethyl adjacent to an activating group) is 1.